The third-order valence-electron chi connectivity index (χ3n) is 5.35. The molecule has 3 aromatic heterocycles. The van der Waals surface area contributed by atoms with Gasteiger partial charge in [0, 0.05) is 22.8 Å². The van der Waals surface area contributed by atoms with Crippen molar-refractivity contribution in [1.29, 1.82) is 0 Å². The Hall–Kier alpha value is -2.83. The lowest BCUT2D eigenvalue weighted by atomic mass is 9.97. The first-order valence-electron chi connectivity index (χ1n) is 9.95. The molecule has 6 heteroatoms. The number of fused-ring (bicyclic) bond motifs is 3. The highest BCUT2D eigenvalue weighted by atomic mass is 32.1. The molecule has 0 aliphatic heterocycles. The molecule has 0 fully saturated rings. The topological polar surface area (TPSA) is 73.9 Å². The molecule has 146 valence electrons. The molecule has 2 N–H and O–H groups in total. The van der Waals surface area contributed by atoms with Crippen LogP contribution in [0, 0.1) is 0 Å². The molecule has 1 atom stereocenters. The summed E-state index contributed by atoms with van der Waals surface area (Å²) in [5.41, 5.74) is 9.73. The van der Waals surface area contributed by atoms with Crippen LogP contribution >= 0.6 is 11.3 Å². The molecule has 4 aromatic rings. The highest BCUT2D eigenvalue weighted by Gasteiger charge is 2.23. The van der Waals surface area contributed by atoms with Gasteiger partial charge in [0.05, 0.1) is 11.4 Å². The maximum atomic E-state index is 6.38. The maximum absolute atomic E-state index is 6.38. The van der Waals surface area contributed by atoms with Crippen molar-refractivity contribution in [1.82, 2.24) is 15.0 Å². The fourth-order valence-electron chi connectivity index (χ4n) is 3.82. The summed E-state index contributed by atoms with van der Waals surface area (Å²) in [6.45, 7) is 0.372. The van der Waals surface area contributed by atoms with Gasteiger partial charge in [-0.2, -0.15) is 4.98 Å². The Morgan fingerprint density at radius 1 is 1.00 bits per heavy atom. The number of aryl methyl sites for hydroxylation is 2. The van der Waals surface area contributed by atoms with Crippen LogP contribution in [0.4, 0.5) is 0 Å². The Balaban J connectivity index is 1.55. The summed E-state index contributed by atoms with van der Waals surface area (Å²) in [6.07, 6.45) is 8.13. The van der Waals surface area contributed by atoms with Gasteiger partial charge in [-0.15, -0.1) is 11.3 Å². The predicted octanol–water partition coefficient (Wildman–Crippen LogP) is 4.71. The molecule has 1 aliphatic carbocycles. The first kappa shape index (κ1) is 18.2. The van der Waals surface area contributed by atoms with Crippen molar-refractivity contribution in [3.8, 4) is 17.3 Å². The lowest BCUT2D eigenvalue weighted by Gasteiger charge is -2.16. The summed E-state index contributed by atoms with van der Waals surface area (Å²) in [5, 5.41) is 1.07. The van der Waals surface area contributed by atoms with Crippen molar-refractivity contribution >= 4 is 21.6 Å². The van der Waals surface area contributed by atoms with Crippen LogP contribution in [0.1, 0.15) is 34.9 Å². The first-order chi connectivity index (χ1) is 14.3. The Morgan fingerprint density at radius 3 is 2.62 bits per heavy atom. The molecule has 1 unspecified atom stereocenters. The lowest BCUT2D eigenvalue weighted by Crippen LogP contribution is -2.19. The molecule has 1 aliphatic rings. The van der Waals surface area contributed by atoms with E-state index in [0.29, 0.717) is 18.3 Å². The SMILES string of the molecule is NC(COc1nc(-c2ccncc2)nc2sc3c(c12)CCCC3)c1ccccc1. The number of thiophene rings is 1. The van der Waals surface area contributed by atoms with Crippen LogP contribution < -0.4 is 10.5 Å². The third-order valence-corrected chi connectivity index (χ3v) is 6.53. The van der Waals surface area contributed by atoms with E-state index in [4.69, 9.17) is 20.4 Å². The molecule has 0 amide bonds. The van der Waals surface area contributed by atoms with Gasteiger partial charge in [0.15, 0.2) is 5.82 Å². The summed E-state index contributed by atoms with van der Waals surface area (Å²) in [7, 11) is 0. The van der Waals surface area contributed by atoms with E-state index in [-0.39, 0.29) is 6.04 Å². The number of ether oxygens (including phenoxy) is 1. The molecule has 3 heterocycles. The number of hydrogen-bond donors (Lipinski definition) is 1. The second-order valence-corrected chi connectivity index (χ2v) is 8.39. The van der Waals surface area contributed by atoms with Crippen molar-refractivity contribution in [2.75, 3.05) is 6.61 Å². The predicted molar refractivity (Wildman–Crippen MR) is 116 cm³/mol. The molecule has 0 radical (unpaired) electrons. The Bertz CT molecular complexity index is 1130. The fourth-order valence-corrected chi connectivity index (χ4v) is 5.08. The summed E-state index contributed by atoms with van der Waals surface area (Å²) in [4.78, 5) is 16.2. The minimum absolute atomic E-state index is 0.208. The van der Waals surface area contributed by atoms with E-state index >= 15 is 0 Å². The minimum Gasteiger partial charge on any atom is -0.475 e. The summed E-state index contributed by atoms with van der Waals surface area (Å²) < 4.78 is 6.24. The zero-order valence-corrected chi connectivity index (χ0v) is 16.9. The Morgan fingerprint density at radius 2 is 1.79 bits per heavy atom. The van der Waals surface area contributed by atoms with Gasteiger partial charge >= 0.3 is 0 Å². The zero-order chi connectivity index (χ0) is 19.6. The van der Waals surface area contributed by atoms with Crippen molar-refractivity contribution in [2.45, 2.75) is 31.7 Å². The fraction of sp³-hybridized carbons (Fsp3) is 0.261. The van der Waals surface area contributed by atoms with Crippen molar-refractivity contribution < 1.29 is 4.74 Å². The van der Waals surface area contributed by atoms with E-state index in [1.54, 1.807) is 23.7 Å². The number of nitrogens with two attached hydrogens (primary N) is 1. The summed E-state index contributed by atoms with van der Waals surface area (Å²) in [5.74, 6) is 1.31. The number of aromatic nitrogens is 3. The van der Waals surface area contributed by atoms with E-state index in [9.17, 15) is 0 Å². The maximum Gasteiger partial charge on any atom is 0.226 e. The monoisotopic (exact) mass is 402 g/mol. The second-order valence-electron chi connectivity index (χ2n) is 7.31. The van der Waals surface area contributed by atoms with Gasteiger partial charge in [0.25, 0.3) is 0 Å². The molecule has 1 aromatic carbocycles. The van der Waals surface area contributed by atoms with Crippen LogP contribution in [-0.4, -0.2) is 21.6 Å². The number of benzene rings is 1. The van der Waals surface area contributed by atoms with Gasteiger partial charge in [0.1, 0.15) is 11.4 Å². The summed E-state index contributed by atoms with van der Waals surface area (Å²) in [6, 6.07) is 13.7. The van der Waals surface area contributed by atoms with Crippen LogP contribution in [0.2, 0.25) is 0 Å². The molecule has 5 nitrogen and oxygen atoms in total. The smallest absolute Gasteiger partial charge is 0.226 e. The van der Waals surface area contributed by atoms with Gasteiger partial charge in [-0.05, 0) is 48.9 Å². The zero-order valence-electron chi connectivity index (χ0n) is 16.0. The molecule has 29 heavy (non-hydrogen) atoms. The molecule has 0 saturated carbocycles. The van der Waals surface area contributed by atoms with Crippen LogP contribution in [0.15, 0.2) is 54.9 Å². The normalized spacial score (nSPS) is 14.5. The average molecular weight is 403 g/mol. The Kier molecular flexibility index (Phi) is 4.96. The third kappa shape index (κ3) is 3.61. The second kappa shape index (κ2) is 7.89. The van der Waals surface area contributed by atoms with E-state index in [0.717, 1.165) is 34.2 Å². The quantitative estimate of drug-likeness (QED) is 0.523. The summed E-state index contributed by atoms with van der Waals surface area (Å²) >= 11 is 1.78. The first-order valence-corrected chi connectivity index (χ1v) is 10.8. The minimum atomic E-state index is -0.208. The van der Waals surface area contributed by atoms with Crippen LogP contribution in [0.3, 0.4) is 0 Å². The number of nitrogens with zero attached hydrogens (tertiary/aromatic N) is 3. The van der Waals surface area contributed by atoms with Crippen molar-refractivity contribution in [3.05, 3.63) is 70.9 Å². The number of hydrogen-bond acceptors (Lipinski definition) is 6. The Labute approximate surface area is 173 Å². The van der Waals surface area contributed by atoms with Gasteiger partial charge in [-0.25, -0.2) is 4.98 Å². The van der Waals surface area contributed by atoms with Crippen LogP contribution in [0.5, 0.6) is 5.88 Å². The van der Waals surface area contributed by atoms with Crippen LogP contribution in [-0.2, 0) is 12.8 Å². The number of rotatable bonds is 5. The average Bonchev–Trinajstić information content (AvgIpc) is 3.17. The molecule has 0 spiro atoms. The van der Waals surface area contributed by atoms with Gasteiger partial charge in [0.2, 0.25) is 5.88 Å². The van der Waals surface area contributed by atoms with Crippen molar-refractivity contribution in [3.63, 3.8) is 0 Å². The highest BCUT2D eigenvalue weighted by molar-refractivity contribution is 7.18. The van der Waals surface area contributed by atoms with E-state index in [1.165, 1.54) is 23.3 Å². The van der Waals surface area contributed by atoms with Gasteiger partial charge < -0.3 is 10.5 Å². The van der Waals surface area contributed by atoms with E-state index < -0.39 is 0 Å². The van der Waals surface area contributed by atoms with Gasteiger partial charge in [-0.1, -0.05) is 30.3 Å². The largest absolute Gasteiger partial charge is 0.475 e. The van der Waals surface area contributed by atoms with E-state index in [2.05, 4.69) is 4.98 Å². The standard InChI is InChI=1S/C23H22N4OS/c24-18(15-6-2-1-3-7-15)14-28-22-20-17-8-4-5-9-19(17)29-23(20)27-21(26-22)16-10-12-25-13-11-16/h1-3,6-7,10-13,18H,4-5,8-9,14,24H2. The molecule has 0 saturated heterocycles. The van der Waals surface area contributed by atoms with Gasteiger partial charge in [-0.3, -0.25) is 4.98 Å². The lowest BCUT2D eigenvalue weighted by molar-refractivity contribution is 0.283. The molecular formula is C23H22N4OS. The van der Waals surface area contributed by atoms with Crippen molar-refractivity contribution in [2.24, 2.45) is 5.73 Å². The molecule has 0 bridgehead atoms. The molecule has 5 rings (SSSR count). The highest BCUT2D eigenvalue weighted by Crippen LogP contribution is 2.40. The molecular weight excluding hydrogens is 380 g/mol. The van der Waals surface area contributed by atoms with Crippen LogP contribution in [0.25, 0.3) is 21.6 Å². The number of pyridine rings is 1. The van der Waals surface area contributed by atoms with E-state index in [1.807, 2.05) is 42.5 Å².